The van der Waals surface area contributed by atoms with Gasteiger partial charge in [-0.15, -0.1) is 0 Å². The summed E-state index contributed by atoms with van der Waals surface area (Å²) in [6.45, 7) is 2.12. The summed E-state index contributed by atoms with van der Waals surface area (Å²) >= 11 is 1.05. The molecule has 3 rings (SSSR count). The second-order valence-corrected chi connectivity index (χ2v) is 7.53. The first-order valence-corrected chi connectivity index (χ1v) is 10.1. The van der Waals surface area contributed by atoms with E-state index in [9.17, 15) is 9.59 Å². The first-order chi connectivity index (χ1) is 13.1. The highest BCUT2D eigenvalue weighted by Crippen LogP contribution is 2.22. The van der Waals surface area contributed by atoms with E-state index in [1.54, 1.807) is 11.1 Å². The van der Waals surface area contributed by atoms with E-state index in [0.29, 0.717) is 31.1 Å². The molecule has 1 saturated heterocycles. The van der Waals surface area contributed by atoms with Crippen LogP contribution in [0.15, 0.2) is 30.6 Å². The fraction of sp³-hybridized carbons (Fsp3) is 0.526. The monoisotopic (exact) mass is 387 g/mol. The van der Waals surface area contributed by atoms with Gasteiger partial charge in [-0.05, 0) is 37.3 Å². The van der Waals surface area contributed by atoms with E-state index >= 15 is 0 Å². The zero-order chi connectivity index (χ0) is 19.1. The van der Waals surface area contributed by atoms with Gasteiger partial charge in [0.25, 0.3) is 5.91 Å². The molecule has 0 N–H and O–H groups in total. The van der Waals surface area contributed by atoms with Gasteiger partial charge in [0.05, 0.1) is 17.9 Å². The van der Waals surface area contributed by atoms with Crippen molar-refractivity contribution in [1.29, 1.82) is 0 Å². The summed E-state index contributed by atoms with van der Waals surface area (Å²) in [5, 5.41) is 0. The molecule has 1 unspecified atom stereocenters. The van der Waals surface area contributed by atoms with Crippen LogP contribution in [0.1, 0.15) is 41.9 Å². The number of nitrogens with zero attached hydrogens (tertiary/aromatic N) is 5. The molecule has 8 heteroatoms. The highest BCUT2D eigenvalue weighted by molar-refractivity contribution is 6.99. The molecule has 1 aliphatic rings. The molecule has 0 radical (unpaired) electrons. The van der Waals surface area contributed by atoms with E-state index in [1.807, 2.05) is 30.1 Å². The molecule has 1 aliphatic heterocycles. The minimum Gasteiger partial charge on any atom is -0.345 e. The molecule has 27 heavy (non-hydrogen) atoms. The fourth-order valence-corrected chi connectivity index (χ4v) is 3.78. The van der Waals surface area contributed by atoms with Crippen LogP contribution in [0.5, 0.6) is 0 Å². The van der Waals surface area contributed by atoms with Crippen LogP contribution in [-0.4, -0.2) is 62.0 Å². The third-order valence-electron chi connectivity index (χ3n) is 5.01. The lowest BCUT2D eigenvalue weighted by molar-refractivity contribution is -0.130. The van der Waals surface area contributed by atoms with Crippen molar-refractivity contribution in [3.8, 4) is 0 Å². The van der Waals surface area contributed by atoms with E-state index in [0.717, 1.165) is 49.7 Å². The number of likely N-dealkylation sites (N-methyl/N-ethyl adjacent to an activating group) is 1. The number of piperidine rings is 1. The molecule has 0 saturated carbocycles. The molecule has 7 nitrogen and oxygen atoms in total. The Morgan fingerprint density at radius 2 is 2.26 bits per heavy atom. The van der Waals surface area contributed by atoms with Crippen LogP contribution in [-0.2, 0) is 11.2 Å². The Kier molecular flexibility index (Phi) is 6.86. The number of carbonyl (C=O) groups is 2. The number of hydrogen-bond acceptors (Lipinski definition) is 6. The van der Waals surface area contributed by atoms with Crippen molar-refractivity contribution in [2.45, 2.75) is 32.1 Å². The van der Waals surface area contributed by atoms with Crippen molar-refractivity contribution in [2.24, 2.45) is 5.92 Å². The lowest BCUT2D eigenvalue weighted by Gasteiger charge is -2.32. The van der Waals surface area contributed by atoms with Crippen molar-refractivity contribution in [3.63, 3.8) is 0 Å². The van der Waals surface area contributed by atoms with Crippen molar-refractivity contribution in [3.05, 3.63) is 42.0 Å². The zero-order valence-electron chi connectivity index (χ0n) is 15.6. The summed E-state index contributed by atoms with van der Waals surface area (Å²) in [4.78, 5) is 32.8. The Morgan fingerprint density at radius 1 is 1.37 bits per heavy atom. The molecular weight excluding hydrogens is 362 g/mol. The standard InChI is InChI=1S/C19H25N5O2S/c1-23(12-9-16-6-2-3-10-20-16)18(25)8-7-15-5-4-11-24(14-15)19(26)17-13-21-27-22-17/h2-3,6,10,13,15H,4-5,7-9,11-12,14H2,1H3. The van der Waals surface area contributed by atoms with Gasteiger partial charge in [-0.3, -0.25) is 14.6 Å². The van der Waals surface area contributed by atoms with Crippen molar-refractivity contribution >= 4 is 23.5 Å². The van der Waals surface area contributed by atoms with Crippen LogP contribution in [0.3, 0.4) is 0 Å². The van der Waals surface area contributed by atoms with Gasteiger partial charge in [-0.25, -0.2) is 0 Å². The fourth-order valence-electron chi connectivity index (χ4n) is 3.38. The lowest BCUT2D eigenvalue weighted by Crippen LogP contribution is -2.40. The number of rotatable bonds is 7. The minimum absolute atomic E-state index is 0.0488. The van der Waals surface area contributed by atoms with Crippen molar-refractivity contribution in [1.82, 2.24) is 23.5 Å². The maximum Gasteiger partial charge on any atom is 0.275 e. The van der Waals surface area contributed by atoms with Gasteiger partial charge in [0, 0.05) is 51.4 Å². The summed E-state index contributed by atoms with van der Waals surface area (Å²) in [5.41, 5.74) is 1.42. The molecule has 0 aliphatic carbocycles. The van der Waals surface area contributed by atoms with Crippen molar-refractivity contribution in [2.75, 3.05) is 26.7 Å². The van der Waals surface area contributed by atoms with Gasteiger partial charge in [0.1, 0.15) is 0 Å². The summed E-state index contributed by atoms with van der Waals surface area (Å²) in [6.07, 6.45) is 7.42. The van der Waals surface area contributed by atoms with Gasteiger partial charge in [-0.1, -0.05) is 6.07 Å². The van der Waals surface area contributed by atoms with Crippen LogP contribution in [0.2, 0.25) is 0 Å². The zero-order valence-corrected chi connectivity index (χ0v) is 16.4. The molecule has 3 heterocycles. The van der Waals surface area contributed by atoms with E-state index in [1.165, 1.54) is 6.20 Å². The van der Waals surface area contributed by atoms with E-state index in [2.05, 4.69) is 13.7 Å². The normalized spacial score (nSPS) is 16.9. The highest BCUT2D eigenvalue weighted by atomic mass is 32.1. The first-order valence-electron chi connectivity index (χ1n) is 9.34. The van der Waals surface area contributed by atoms with E-state index in [4.69, 9.17) is 0 Å². The minimum atomic E-state index is -0.0488. The third kappa shape index (κ3) is 5.56. The highest BCUT2D eigenvalue weighted by Gasteiger charge is 2.26. The Hall–Kier alpha value is -2.35. The molecule has 0 spiro atoms. The number of aromatic nitrogens is 3. The van der Waals surface area contributed by atoms with Crippen LogP contribution >= 0.6 is 11.7 Å². The third-order valence-corrected chi connectivity index (χ3v) is 5.49. The number of pyridine rings is 1. The van der Waals surface area contributed by atoms with Crippen LogP contribution in [0.25, 0.3) is 0 Å². The topological polar surface area (TPSA) is 79.3 Å². The summed E-state index contributed by atoms with van der Waals surface area (Å²) < 4.78 is 7.94. The first kappa shape index (κ1) is 19.4. The molecule has 1 atom stereocenters. The molecule has 2 amide bonds. The van der Waals surface area contributed by atoms with Crippen molar-refractivity contribution < 1.29 is 9.59 Å². The summed E-state index contributed by atoms with van der Waals surface area (Å²) in [6, 6.07) is 5.83. The van der Waals surface area contributed by atoms with Crippen LogP contribution < -0.4 is 0 Å². The molecular formula is C19H25N5O2S. The molecule has 0 aromatic carbocycles. The molecule has 1 fully saturated rings. The van der Waals surface area contributed by atoms with E-state index in [-0.39, 0.29) is 11.8 Å². The Morgan fingerprint density at radius 3 is 3.00 bits per heavy atom. The molecule has 0 bridgehead atoms. The Bertz CT molecular complexity index is 738. The maximum absolute atomic E-state index is 12.4. The smallest absolute Gasteiger partial charge is 0.275 e. The SMILES string of the molecule is CN(CCc1ccccn1)C(=O)CCC1CCCN(C(=O)c2cnsn2)C1. The average molecular weight is 388 g/mol. The number of likely N-dealkylation sites (tertiary alicyclic amines) is 1. The average Bonchev–Trinajstić information content (AvgIpc) is 3.25. The van der Waals surface area contributed by atoms with E-state index < -0.39 is 0 Å². The lowest BCUT2D eigenvalue weighted by atomic mass is 9.93. The van der Waals surface area contributed by atoms with Gasteiger partial charge >= 0.3 is 0 Å². The quantitative estimate of drug-likeness (QED) is 0.728. The van der Waals surface area contributed by atoms with Crippen LogP contribution in [0, 0.1) is 5.92 Å². The predicted octanol–water partition coefficient (Wildman–Crippen LogP) is 2.27. The summed E-state index contributed by atoms with van der Waals surface area (Å²) in [5.74, 6) is 0.466. The van der Waals surface area contributed by atoms with Crippen LogP contribution in [0.4, 0.5) is 0 Å². The second-order valence-electron chi connectivity index (χ2n) is 6.98. The number of amides is 2. The largest absolute Gasteiger partial charge is 0.345 e. The molecule has 144 valence electrons. The van der Waals surface area contributed by atoms with Gasteiger partial charge in [-0.2, -0.15) is 8.75 Å². The maximum atomic E-state index is 12.4. The van der Waals surface area contributed by atoms with Gasteiger partial charge in [0.15, 0.2) is 5.69 Å². The van der Waals surface area contributed by atoms with Gasteiger partial charge in [0.2, 0.25) is 5.91 Å². The molecule has 2 aromatic rings. The van der Waals surface area contributed by atoms with Gasteiger partial charge < -0.3 is 9.80 Å². The number of carbonyl (C=O) groups excluding carboxylic acids is 2. The predicted molar refractivity (Wildman–Crippen MR) is 103 cm³/mol. The second kappa shape index (κ2) is 9.55. The Labute approximate surface area is 163 Å². The number of hydrogen-bond donors (Lipinski definition) is 0. The summed E-state index contributed by atoms with van der Waals surface area (Å²) in [7, 11) is 1.84. The Balaban J connectivity index is 1.42. The molecule has 2 aromatic heterocycles.